The molecule has 72 valence electrons. The van der Waals surface area contributed by atoms with Crippen LogP contribution in [0.25, 0.3) is 0 Å². The number of benzene rings is 1. The van der Waals surface area contributed by atoms with Gasteiger partial charge in [-0.25, -0.2) is 0 Å². The van der Waals surface area contributed by atoms with E-state index in [9.17, 15) is 0 Å². The molecule has 0 unspecified atom stereocenters. The quantitative estimate of drug-likeness (QED) is 0.456. The van der Waals surface area contributed by atoms with E-state index in [0.29, 0.717) is 0 Å². The Balaban J connectivity index is 0.000000241. The lowest BCUT2D eigenvalue weighted by Crippen LogP contribution is -1.62. The third-order valence-electron chi connectivity index (χ3n) is 1.54. The summed E-state index contributed by atoms with van der Waals surface area (Å²) in [5.41, 5.74) is 7.57. The number of rotatable bonds is 1. The van der Waals surface area contributed by atoms with Crippen LogP contribution in [-0.2, 0) is 0 Å². The average molecular weight is 184 g/mol. The minimum atomic E-state index is 0.968. The third kappa shape index (κ3) is 6.94. The molecule has 0 nitrogen and oxygen atoms in total. The van der Waals surface area contributed by atoms with Crippen molar-refractivity contribution in [2.75, 3.05) is 0 Å². The molecule has 0 radical (unpaired) electrons. The van der Waals surface area contributed by atoms with E-state index in [-0.39, 0.29) is 0 Å². The Bertz CT molecular complexity index is 345. The van der Waals surface area contributed by atoms with Crippen molar-refractivity contribution in [1.82, 2.24) is 0 Å². The van der Waals surface area contributed by atoms with Crippen molar-refractivity contribution in [3.8, 4) is 0 Å². The van der Waals surface area contributed by atoms with Crippen molar-refractivity contribution >= 4 is 0 Å². The molecular formula is C14H16. The topological polar surface area (TPSA) is 0 Å². The summed E-state index contributed by atoms with van der Waals surface area (Å²) in [6.07, 6.45) is 1.73. The maximum absolute atomic E-state index is 3.42. The largest absolute Gasteiger partial charge is 0.128 e. The molecule has 0 aliphatic rings. The summed E-state index contributed by atoms with van der Waals surface area (Å²) in [6, 6.07) is 10.3. The minimum Gasteiger partial charge on any atom is -0.128 e. The fourth-order valence-electron chi connectivity index (χ4n) is 0.739. The fraction of sp³-hybridized carbons (Fsp3) is 0.143. The van der Waals surface area contributed by atoms with Gasteiger partial charge < -0.3 is 0 Å². The van der Waals surface area contributed by atoms with Crippen molar-refractivity contribution in [2.45, 2.75) is 13.8 Å². The lowest BCUT2D eigenvalue weighted by atomic mass is 10.2. The van der Waals surface area contributed by atoms with Crippen LogP contribution in [-0.4, -0.2) is 0 Å². The Hall–Kier alpha value is -1.74. The molecule has 0 N–H and O–H groups in total. The molecule has 0 bridgehead atoms. The Morgan fingerprint density at radius 3 is 2.00 bits per heavy atom. The van der Waals surface area contributed by atoms with Gasteiger partial charge >= 0.3 is 0 Å². The van der Waals surface area contributed by atoms with Crippen molar-refractivity contribution in [2.24, 2.45) is 0 Å². The molecule has 0 aliphatic carbocycles. The van der Waals surface area contributed by atoms with E-state index < -0.39 is 0 Å². The van der Waals surface area contributed by atoms with E-state index in [1.807, 2.05) is 25.1 Å². The van der Waals surface area contributed by atoms with Gasteiger partial charge in [0.25, 0.3) is 0 Å². The van der Waals surface area contributed by atoms with Crippen LogP contribution in [0, 0.1) is 6.92 Å². The van der Waals surface area contributed by atoms with Gasteiger partial charge in [-0.3, -0.25) is 0 Å². The summed E-state index contributed by atoms with van der Waals surface area (Å²) < 4.78 is 0. The molecule has 0 aromatic heterocycles. The molecule has 14 heavy (non-hydrogen) atoms. The van der Waals surface area contributed by atoms with Gasteiger partial charge in [-0.15, -0.1) is 11.5 Å². The van der Waals surface area contributed by atoms with E-state index >= 15 is 0 Å². The summed E-state index contributed by atoms with van der Waals surface area (Å²) in [7, 11) is 0. The summed E-state index contributed by atoms with van der Waals surface area (Å²) >= 11 is 0. The molecular weight excluding hydrogens is 168 g/mol. The Morgan fingerprint density at radius 2 is 1.79 bits per heavy atom. The fourth-order valence-corrected chi connectivity index (χ4v) is 0.739. The van der Waals surface area contributed by atoms with E-state index in [2.05, 4.69) is 43.7 Å². The van der Waals surface area contributed by atoms with Crippen LogP contribution in [0.4, 0.5) is 0 Å². The number of allylic oxidation sites excluding steroid dienone is 2. The molecule has 0 saturated carbocycles. The van der Waals surface area contributed by atoms with Crippen LogP contribution in [0.3, 0.4) is 0 Å². The van der Waals surface area contributed by atoms with Crippen molar-refractivity contribution in [1.29, 1.82) is 0 Å². The second-order valence-corrected chi connectivity index (χ2v) is 2.86. The highest BCUT2D eigenvalue weighted by Crippen LogP contribution is 1.92. The molecule has 0 spiro atoms. The molecule has 0 heterocycles. The Morgan fingerprint density at radius 1 is 1.21 bits per heavy atom. The van der Waals surface area contributed by atoms with Gasteiger partial charge in [0.2, 0.25) is 0 Å². The standard InChI is InChI=1S/2C7H8/c1-7-5-3-2-4-6-7;1-4-6-7(3)5-2/h2-6H,1H3;6H,1-2H2,3H3. The average Bonchev–Trinajstić information content (AvgIpc) is 2.20. The number of aryl methyl sites for hydroxylation is 1. The van der Waals surface area contributed by atoms with Crippen LogP contribution in [0.15, 0.2) is 66.6 Å². The number of hydrogen-bond acceptors (Lipinski definition) is 0. The number of hydrogen-bond donors (Lipinski definition) is 0. The van der Waals surface area contributed by atoms with Crippen LogP contribution >= 0.6 is 0 Å². The molecule has 0 amide bonds. The Labute approximate surface area is 86.6 Å². The maximum Gasteiger partial charge on any atom is -0.00208 e. The summed E-state index contributed by atoms with van der Waals surface area (Å²) in [5, 5.41) is 0. The first-order valence-corrected chi connectivity index (χ1v) is 4.45. The summed E-state index contributed by atoms with van der Waals surface area (Å²) in [4.78, 5) is 0. The lowest BCUT2D eigenvalue weighted by molar-refractivity contribution is 1.48. The van der Waals surface area contributed by atoms with Crippen LogP contribution in [0.2, 0.25) is 0 Å². The summed E-state index contributed by atoms with van der Waals surface area (Å²) in [5.74, 6) is 0. The highest BCUT2D eigenvalue weighted by molar-refractivity contribution is 5.12. The first-order valence-electron chi connectivity index (χ1n) is 4.45. The third-order valence-corrected chi connectivity index (χ3v) is 1.54. The Kier molecular flexibility index (Phi) is 6.91. The van der Waals surface area contributed by atoms with Gasteiger partial charge in [0.05, 0.1) is 0 Å². The second-order valence-electron chi connectivity index (χ2n) is 2.86. The normalized spacial score (nSPS) is 7.29. The zero-order valence-electron chi connectivity index (χ0n) is 8.88. The minimum absolute atomic E-state index is 0.968. The predicted molar refractivity (Wildman–Crippen MR) is 63.2 cm³/mol. The smallest absolute Gasteiger partial charge is 0.00208 e. The monoisotopic (exact) mass is 184 g/mol. The SMILES string of the molecule is C=C=CC(C)=C=C.Cc1ccccc1. The maximum atomic E-state index is 3.42. The van der Waals surface area contributed by atoms with Gasteiger partial charge in [0, 0.05) is 0 Å². The van der Waals surface area contributed by atoms with Crippen LogP contribution in [0.1, 0.15) is 12.5 Å². The predicted octanol–water partition coefficient (Wildman–Crippen LogP) is 4.05. The van der Waals surface area contributed by atoms with Crippen molar-refractivity contribution in [3.05, 3.63) is 72.2 Å². The van der Waals surface area contributed by atoms with E-state index in [0.717, 1.165) is 5.57 Å². The van der Waals surface area contributed by atoms with Gasteiger partial charge in [0.15, 0.2) is 0 Å². The first-order chi connectivity index (χ1) is 6.70. The molecule has 0 fully saturated rings. The second kappa shape index (κ2) is 7.89. The van der Waals surface area contributed by atoms with Crippen LogP contribution in [0.5, 0.6) is 0 Å². The van der Waals surface area contributed by atoms with E-state index in [4.69, 9.17) is 0 Å². The van der Waals surface area contributed by atoms with Crippen LogP contribution < -0.4 is 0 Å². The van der Waals surface area contributed by atoms with Gasteiger partial charge in [-0.2, -0.15) is 0 Å². The molecule has 0 saturated heterocycles. The zero-order valence-corrected chi connectivity index (χ0v) is 8.88. The summed E-state index contributed by atoms with van der Waals surface area (Å²) in [6.45, 7) is 10.8. The van der Waals surface area contributed by atoms with Gasteiger partial charge in [0.1, 0.15) is 0 Å². The zero-order chi connectivity index (χ0) is 10.8. The molecule has 1 rings (SSSR count). The first kappa shape index (κ1) is 12.3. The van der Waals surface area contributed by atoms with Gasteiger partial charge in [-0.1, -0.05) is 49.1 Å². The highest BCUT2D eigenvalue weighted by Gasteiger charge is 1.72. The lowest BCUT2D eigenvalue weighted by Gasteiger charge is -1.82. The van der Waals surface area contributed by atoms with Crippen molar-refractivity contribution in [3.63, 3.8) is 0 Å². The van der Waals surface area contributed by atoms with Crippen molar-refractivity contribution < 1.29 is 0 Å². The van der Waals surface area contributed by atoms with E-state index in [1.165, 1.54) is 5.56 Å². The molecule has 0 aliphatic heterocycles. The molecule has 1 aromatic rings. The van der Waals surface area contributed by atoms with E-state index in [1.54, 1.807) is 6.08 Å². The molecule has 0 heteroatoms. The van der Waals surface area contributed by atoms with Gasteiger partial charge in [-0.05, 0) is 25.5 Å². The molecule has 1 aromatic carbocycles. The highest BCUT2D eigenvalue weighted by atomic mass is 13.8. The molecule has 0 atom stereocenters.